The number of carbonyl (C=O) groups excluding carboxylic acids is 3. The van der Waals surface area contributed by atoms with Crippen LogP contribution in [0.25, 0.3) is 10.9 Å². The number of rotatable bonds is 7. The Morgan fingerprint density at radius 2 is 1.67 bits per heavy atom. The first kappa shape index (κ1) is 27.9. The lowest BCUT2D eigenvalue weighted by Crippen LogP contribution is -2.46. The number of anilines is 2. The Labute approximate surface area is 248 Å². The fraction of sp³-hybridized carbons (Fsp3) is 0.242. The van der Waals surface area contributed by atoms with Gasteiger partial charge in [0.25, 0.3) is 0 Å². The number of amides is 2. The maximum Gasteiger partial charge on any atom is 0.244 e. The van der Waals surface area contributed by atoms with E-state index in [9.17, 15) is 14.4 Å². The number of hydrogen-bond donors (Lipinski definition) is 1. The predicted molar refractivity (Wildman–Crippen MR) is 160 cm³/mol. The Kier molecular flexibility index (Phi) is 7.74. The topological polar surface area (TPSA) is 120 Å². The largest absolute Gasteiger partial charge is 0.493 e. The number of fused-ring (bicyclic) bond motifs is 1. The van der Waals surface area contributed by atoms with E-state index in [0.29, 0.717) is 58.3 Å². The van der Waals surface area contributed by atoms with Gasteiger partial charge in [-0.25, -0.2) is 4.98 Å². The molecule has 1 atom stereocenters. The second-order valence-corrected chi connectivity index (χ2v) is 10.3. The van der Waals surface area contributed by atoms with E-state index in [1.807, 2.05) is 30.3 Å². The molecule has 0 saturated heterocycles. The van der Waals surface area contributed by atoms with Crippen molar-refractivity contribution in [1.82, 2.24) is 9.97 Å². The van der Waals surface area contributed by atoms with Gasteiger partial charge in [-0.05, 0) is 62.1 Å². The zero-order valence-electron chi connectivity index (χ0n) is 23.8. The molecule has 1 aliphatic heterocycles. The predicted octanol–water partition coefficient (Wildman–Crippen LogP) is 5.83. The maximum absolute atomic E-state index is 13.7. The van der Waals surface area contributed by atoms with Crippen molar-refractivity contribution >= 4 is 40.0 Å². The molecule has 6 rings (SSSR count). The van der Waals surface area contributed by atoms with Crippen molar-refractivity contribution in [3.8, 4) is 23.0 Å². The van der Waals surface area contributed by atoms with Gasteiger partial charge in [0.05, 0.1) is 25.9 Å². The van der Waals surface area contributed by atoms with Gasteiger partial charge in [-0.15, -0.1) is 0 Å². The minimum atomic E-state index is -1.06. The standard InChI is InChI=1S/C33H30N4O6/c1-41-29-17-22-25(18-30(29)42-2)34-15-14-28(22)43-21-12-13-31(35-19-21)36-32(39)24-16-23-26(10-6-7-11-27(23)38)37(33(24)40)20-8-4-3-5-9-20/h3-5,8-9,12-15,17-19,24H,6-7,10-11,16H2,1-2H3,(H,35,36,39). The molecular formula is C33H30N4O6. The van der Waals surface area contributed by atoms with Crippen LogP contribution < -0.4 is 24.4 Å². The van der Waals surface area contributed by atoms with Crippen LogP contribution in [-0.4, -0.2) is 41.8 Å². The number of Topliss-reactive ketones (excluding diaryl/α,β-unsaturated/α-hetero) is 1. The van der Waals surface area contributed by atoms with Crippen LogP contribution in [0.15, 0.2) is 84.3 Å². The van der Waals surface area contributed by atoms with E-state index in [2.05, 4.69) is 15.3 Å². The molecule has 43 heavy (non-hydrogen) atoms. The van der Waals surface area contributed by atoms with Crippen molar-refractivity contribution in [2.75, 3.05) is 24.4 Å². The molecule has 2 aromatic carbocycles. The van der Waals surface area contributed by atoms with Gasteiger partial charge in [0, 0.05) is 41.0 Å². The lowest BCUT2D eigenvalue weighted by atomic mass is 9.87. The highest BCUT2D eigenvalue weighted by Crippen LogP contribution is 2.39. The molecule has 1 aliphatic carbocycles. The summed E-state index contributed by atoms with van der Waals surface area (Å²) in [6.07, 6.45) is 5.80. The number of hydrogen-bond acceptors (Lipinski definition) is 8. The average Bonchev–Trinajstić information content (AvgIpc) is 3.22. The molecule has 10 heteroatoms. The van der Waals surface area contributed by atoms with Crippen LogP contribution in [-0.2, 0) is 14.4 Å². The zero-order valence-corrected chi connectivity index (χ0v) is 23.8. The molecule has 3 heterocycles. The molecule has 4 aromatic rings. The van der Waals surface area contributed by atoms with Crippen molar-refractivity contribution in [1.29, 1.82) is 0 Å². The monoisotopic (exact) mass is 578 g/mol. The third kappa shape index (κ3) is 5.51. The van der Waals surface area contributed by atoms with Crippen LogP contribution in [0.5, 0.6) is 23.0 Å². The fourth-order valence-electron chi connectivity index (χ4n) is 5.56. The number of carbonyl (C=O) groups is 3. The van der Waals surface area contributed by atoms with Gasteiger partial charge < -0.3 is 19.5 Å². The first-order chi connectivity index (χ1) is 21.0. The number of benzene rings is 2. The number of aromatic nitrogens is 2. The summed E-state index contributed by atoms with van der Waals surface area (Å²) in [5.74, 6) is 0.395. The smallest absolute Gasteiger partial charge is 0.244 e. The molecule has 0 fully saturated rings. The quantitative estimate of drug-likeness (QED) is 0.272. The second kappa shape index (κ2) is 11.9. The first-order valence-corrected chi connectivity index (χ1v) is 14.1. The molecule has 1 unspecified atom stereocenters. The Morgan fingerprint density at radius 3 is 2.42 bits per heavy atom. The summed E-state index contributed by atoms with van der Waals surface area (Å²) in [5.41, 5.74) is 2.59. The van der Waals surface area contributed by atoms with Crippen LogP contribution in [0, 0.1) is 5.92 Å². The van der Waals surface area contributed by atoms with E-state index < -0.39 is 11.8 Å². The van der Waals surface area contributed by atoms with Crippen molar-refractivity contribution in [2.45, 2.75) is 32.1 Å². The second-order valence-electron chi connectivity index (χ2n) is 10.3. The summed E-state index contributed by atoms with van der Waals surface area (Å²) in [5, 5.41) is 3.48. The summed E-state index contributed by atoms with van der Waals surface area (Å²) in [6, 6.07) is 17.7. The summed E-state index contributed by atoms with van der Waals surface area (Å²) < 4.78 is 16.9. The molecule has 2 aromatic heterocycles. The number of allylic oxidation sites excluding steroid dienone is 2. The van der Waals surface area contributed by atoms with Gasteiger partial charge in [0.2, 0.25) is 11.8 Å². The van der Waals surface area contributed by atoms with Gasteiger partial charge in [-0.1, -0.05) is 18.2 Å². The van der Waals surface area contributed by atoms with Gasteiger partial charge in [0.15, 0.2) is 17.3 Å². The molecule has 2 aliphatic rings. The van der Waals surface area contributed by atoms with Gasteiger partial charge in [-0.2, -0.15) is 0 Å². The number of nitrogens with one attached hydrogen (secondary N) is 1. The molecule has 1 N–H and O–H groups in total. The highest BCUT2D eigenvalue weighted by atomic mass is 16.5. The van der Waals surface area contributed by atoms with Crippen LogP contribution in [0.2, 0.25) is 0 Å². The van der Waals surface area contributed by atoms with E-state index in [-0.39, 0.29) is 23.9 Å². The number of para-hydroxylation sites is 1. The van der Waals surface area contributed by atoms with Crippen molar-refractivity contribution in [3.05, 3.63) is 84.3 Å². The molecule has 2 amide bonds. The Morgan fingerprint density at radius 1 is 0.907 bits per heavy atom. The number of methoxy groups -OCH3 is 2. The maximum atomic E-state index is 13.7. The zero-order chi connectivity index (χ0) is 29.9. The van der Waals surface area contributed by atoms with Gasteiger partial charge in [0.1, 0.15) is 23.2 Å². The minimum Gasteiger partial charge on any atom is -0.493 e. The Bertz CT molecular complexity index is 1740. The van der Waals surface area contributed by atoms with Crippen LogP contribution in [0.1, 0.15) is 32.1 Å². The van der Waals surface area contributed by atoms with Gasteiger partial charge in [-0.3, -0.25) is 24.3 Å². The third-order valence-corrected chi connectivity index (χ3v) is 7.70. The summed E-state index contributed by atoms with van der Waals surface area (Å²) in [6.45, 7) is 0. The lowest BCUT2D eigenvalue weighted by molar-refractivity contribution is -0.131. The van der Waals surface area contributed by atoms with E-state index in [1.165, 1.54) is 6.20 Å². The summed E-state index contributed by atoms with van der Waals surface area (Å²) >= 11 is 0. The molecule has 10 nitrogen and oxygen atoms in total. The normalized spacial score (nSPS) is 16.9. The van der Waals surface area contributed by atoms with E-state index in [4.69, 9.17) is 14.2 Å². The van der Waals surface area contributed by atoms with Crippen molar-refractivity contribution in [3.63, 3.8) is 0 Å². The highest BCUT2D eigenvalue weighted by molar-refractivity contribution is 6.16. The minimum absolute atomic E-state index is 0.00180. The first-order valence-electron chi connectivity index (χ1n) is 14.1. The van der Waals surface area contributed by atoms with Crippen molar-refractivity contribution in [2.24, 2.45) is 5.92 Å². The van der Waals surface area contributed by atoms with Crippen molar-refractivity contribution < 1.29 is 28.6 Å². The van der Waals surface area contributed by atoms with E-state index in [1.54, 1.807) is 55.6 Å². The number of ketones is 1. The third-order valence-electron chi connectivity index (χ3n) is 7.70. The molecule has 0 bridgehead atoms. The van der Waals surface area contributed by atoms with Crippen LogP contribution in [0.4, 0.5) is 11.5 Å². The van der Waals surface area contributed by atoms with Crippen LogP contribution in [0.3, 0.4) is 0 Å². The number of pyridine rings is 2. The molecular weight excluding hydrogens is 548 g/mol. The fourth-order valence-corrected chi connectivity index (χ4v) is 5.56. The SMILES string of the molecule is COc1cc2nccc(Oc3ccc(NC(=O)C4CC5=C(CCCCC5=O)N(c5ccccc5)C4=O)nc3)c2cc1OC. The average molecular weight is 579 g/mol. The molecule has 0 saturated carbocycles. The molecule has 0 spiro atoms. The lowest BCUT2D eigenvalue weighted by Gasteiger charge is -2.35. The van der Waals surface area contributed by atoms with E-state index in [0.717, 1.165) is 18.2 Å². The molecule has 0 radical (unpaired) electrons. The molecule has 218 valence electrons. The Hall–Kier alpha value is -5.25. The number of nitrogens with zero attached hydrogens (tertiary/aromatic N) is 3. The number of ether oxygens (including phenoxy) is 3. The Balaban J connectivity index is 1.21. The summed E-state index contributed by atoms with van der Waals surface area (Å²) in [4.78, 5) is 50.5. The van der Waals surface area contributed by atoms with E-state index >= 15 is 0 Å². The highest BCUT2D eigenvalue weighted by Gasteiger charge is 2.41. The van der Waals surface area contributed by atoms with Gasteiger partial charge >= 0.3 is 0 Å². The van der Waals surface area contributed by atoms with Crippen LogP contribution >= 0.6 is 0 Å². The summed E-state index contributed by atoms with van der Waals surface area (Å²) in [7, 11) is 3.12.